The monoisotopic (exact) mass is 389 g/mol. The van der Waals surface area contributed by atoms with Crippen LogP contribution < -0.4 is 5.73 Å². The summed E-state index contributed by atoms with van der Waals surface area (Å²) in [4.78, 5) is 12.4. The first-order valence-electron chi connectivity index (χ1n) is 8.47. The second-order valence-corrected chi connectivity index (χ2v) is 13.5. The molecule has 1 aliphatic carbocycles. The highest BCUT2D eigenvalue weighted by Gasteiger charge is 2.50. The summed E-state index contributed by atoms with van der Waals surface area (Å²) in [5.41, 5.74) is 7.55. The first kappa shape index (κ1) is 18.9. The Balaban J connectivity index is 1.85. The van der Waals surface area contributed by atoms with Crippen LogP contribution >= 0.6 is 11.6 Å². The van der Waals surface area contributed by atoms with Crippen LogP contribution in [0.15, 0.2) is 11.9 Å². The Labute approximate surface area is 160 Å². The van der Waals surface area contributed by atoms with Gasteiger partial charge in [0.2, 0.25) is 5.95 Å². The number of nitrogens with zero attached hydrogens (tertiary/aromatic N) is 4. The number of nitrogen functional groups attached to an aromatic ring is 1. The van der Waals surface area contributed by atoms with Gasteiger partial charge in [-0.1, -0.05) is 38.3 Å². The summed E-state index contributed by atoms with van der Waals surface area (Å²) < 4.78 is 8.14. The van der Waals surface area contributed by atoms with E-state index in [0.29, 0.717) is 17.8 Å². The van der Waals surface area contributed by atoms with Gasteiger partial charge in [0, 0.05) is 6.20 Å². The number of terminal acetylenes is 1. The molecule has 2 aromatic rings. The lowest BCUT2D eigenvalue weighted by Crippen LogP contribution is -2.42. The molecule has 0 saturated heterocycles. The minimum atomic E-state index is -1.85. The van der Waals surface area contributed by atoms with Crippen molar-refractivity contribution in [1.82, 2.24) is 19.5 Å². The van der Waals surface area contributed by atoms with Gasteiger partial charge in [-0.25, -0.2) is 4.98 Å². The maximum atomic E-state index is 6.35. The van der Waals surface area contributed by atoms with Crippen molar-refractivity contribution in [3.05, 3.63) is 17.1 Å². The molecule has 138 valence electrons. The molecular weight excluding hydrogens is 366 g/mol. The number of nitrogens with two attached hydrogens (primary N) is 1. The predicted molar refractivity (Wildman–Crippen MR) is 108 cm³/mol. The summed E-state index contributed by atoms with van der Waals surface area (Å²) in [7, 11) is -1.85. The van der Waals surface area contributed by atoms with E-state index < -0.39 is 8.32 Å². The Hall–Kier alpha value is -1.88. The highest BCUT2D eigenvalue weighted by atomic mass is 35.5. The predicted octanol–water partition coefficient (Wildman–Crippen LogP) is 3.95. The van der Waals surface area contributed by atoms with E-state index in [9.17, 15) is 0 Å². The number of imidazole rings is 1. The molecule has 0 amide bonds. The fraction of sp³-hybridized carbons (Fsp3) is 0.500. The van der Waals surface area contributed by atoms with Gasteiger partial charge >= 0.3 is 0 Å². The zero-order chi connectivity index (χ0) is 19.3. The second kappa shape index (κ2) is 6.08. The van der Waals surface area contributed by atoms with Crippen LogP contribution in [0, 0.1) is 17.8 Å². The quantitative estimate of drug-likeness (QED) is 0.486. The fourth-order valence-electron chi connectivity index (χ4n) is 2.46. The van der Waals surface area contributed by atoms with Crippen LogP contribution in [0.2, 0.25) is 23.3 Å². The highest BCUT2D eigenvalue weighted by Crippen LogP contribution is 2.53. The summed E-state index contributed by atoms with van der Waals surface area (Å²) >= 11 is 6.08. The van der Waals surface area contributed by atoms with Crippen LogP contribution in [-0.2, 0) is 4.43 Å². The topological polar surface area (TPSA) is 78.8 Å². The minimum Gasteiger partial charge on any atom is -0.415 e. The van der Waals surface area contributed by atoms with Crippen LogP contribution in [-0.4, -0.2) is 34.4 Å². The van der Waals surface area contributed by atoms with Crippen LogP contribution in [0.5, 0.6) is 0 Å². The number of anilines is 1. The normalized spacial score (nSPS) is 22.0. The van der Waals surface area contributed by atoms with Crippen molar-refractivity contribution in [2.24, 2.45) is 5.41 Å². The molecule has 2 N–H and O–H groups in total. The third-order valence-electron chi connectivity index (χ3n) is 5.43. The first-order valence-corrected chi connectivity index (χ1v) is 11.8. The van der Waals surface area contributed by atoms with E-state index in [0.717, 1.165) is 12.0 Å². The molecule has 1 saturated carbocycles. The van der Waals surface area contributed by atoms with Crippen molar-refractivity contribution >= 4 is 43.2 Å². The number of rotatable bonds is 4. The largest absolute Gasteiger partial charge is 0.415 e. The zero-order valence-electron chi connectivity index (χ0n) is 15.8. The van der Waals surface area contributed by atoms with E-state index >= 15 is 0 Å². The van der Waals surface area contributed by atoms with E-state index in [-0.39, 0.29) is 21.6 Å². The molecule has 1 fully saturated rings. The van der Waals surface area contributed by atoms with Crippen LogP contribution in [0.25, 0.3) is 17.4 Å². The molecule has 3 rings (SSSR count). The molecule has 26 heavy (non-hydrogen) atoms. The molecular formula is C18H24ClN5OSi. The summed E-state index contributed by atoms with van der Waals surface area (Å²) in [5, 5.41) is 0.387. The number of fused-ring (bicyclic) bond motifs is 1. The Bertz CT molecular complexity index is 937. The van der Waals surface area contributed by atoms with Gasteiger partial charge in [0.05, 0.1) is 12.0 Å². The molecule has 2 aromatic heterocycles. The first-order chi connectivity index (χ1) is 12.0. The summed E-state index contributed by atoms with van der Waals surface area (Å²) in [5.74, 6) is 3.04. The van der Waals surface area contributed by atoms with Crippen molar-refractivity contribution < 1.29 is 4.43 Å². The van der Waals surface area contributed by atoms with Gasteiger partial charge in [-0.3, -0.25) is 4.57 Å². The van der Waals surface area contributed by atoms with Crippen molar-refractivity contribution in [3.8, 4) is 12.3 Å². The number of halogens is 1. The number of hydrogen-bond acceptors (Lipinski definition) is 5. The van der Waals surface area contributed by atoms with Gasteiger partial charge in [-0.2, -0.15) is 9.97 Å². The summed E-state index contributed by atoms with van der Waals surface area (Å²) in [6.07, 6.45) is 10.2. The number of aromatic nitrogens is 4. The highest BCUT2D eigenvalue weighted by molar-refractivity contribution is 6.74. The third kappa shape index (κ3) is 3.25. The lowest BCUT2D eigenvalue weighted by atomic mass is 10.1. The van der Waals surface area contributed by atoms with E-state index in [2.05, 4.69) is 54.7 Å². The molecule has 1 atom stereocenters. The minimum absolute atomic E-state index is 0.114. The molecule has 0 aliphatic heterocycles. The van der Waals surface area contributed by atoms with Gasteiger partial charge in [0.25, 0.3) is 0 Å². The standard InChI is InChI=1S/C18H24ClN5OSi/c1-7-18(10-25-26(5,6)17(2,3)4)8-12(18)9-24-11-21-13-14(19)22-16(20)23-15(13)24/h1,9,11H,8,10H2,2-6H3,(H2,20,22,23)/b12-9-. The van der Waals surface area contributed by atoms with Crippen molar-refractivity contribution in [1.29, 1.82) is 0 Å². The lowest BCUT2D eigenvalue weighted by Gasteiger charge is -2.36. The van der Waals surface area contributed by atoms with Crippen LogP contribution in [0.1, 0.15) is 27.2 Å². The average Bonchev–Trinajstić information content (AvgIpc) is 3.07. The van der Waals surface area contributed by atoms with E-state index in [4.69, 9.17) is 28.2 Å². The molecule has 8 heteroatoms. The molecule has 1 unspecified atom stereocenters. The van der Waals surface area contributed by atoms with Gasteiger partial charge in [0.15, 0.2) is 19.1 Å². The Kier molecular flexibility index (Phi) is 4.42. The van der Waals surface area contributed by atoms with Gasteiger partial charge in [-0.15, -0.1) is 6.42 Å². The molecule has 0 spiro atoms. The van der Waals surface area contributed by atoms with Crippen molar-refractivity contribution in [3.63, 3.8) is 0 Å². The van der Waals surface area contributed by atoms with E-state index in [1.54, 1.807) is 10.9 Å². The molecule has 1 aliphatic rings. The molecule has 6 nitrogen and oxygen atoms in total. The second-order valence-electron chi connectivity index (χ2n) is 8.30. The summed E-state index contributed by atoms with van der Waals surface area (Å²) in [6.45, 7) is 11.7. The third-order valence-corrected chi connectivity index (χ3v) is 10.2. The SMILES string of the molecule is C#CC1(CO[Si](C)(C)C(C)(C)C)C/C1=C/n1cnc2c(Cl)nc(N)nc21. The summed E-state index contributed by atoms with van der Waals surface area (Å²) in [6, 6.07) is 0. The zero-order valence-corrected chi connectivity index (χ0v) is 17.6. The van der Waals surface area contributed by atoms with Crippen LogP contribution in [0.3, 0.4) is 0 Å². The van der Waals surface area contributed by atoms with Gasteiger partial charge in [0.1, 0.15) is 11.8 Å². The van der Waals surface area contributed by atoms with Crippen molar-refractivity contribution in [2.45, 2.75) is 45.3 Å². The Morgan fingerprint density at radius 2 is 2.15 bits per heavy atom. The van der Waals surface area contributed by atoms with Gasteiger partial charge in [-0.05, 0) is 30.1 Å². The Morgan fingerprint density at radius 1 is 1.46 bits per heavy atom. The molecule has 0 bridgehead atoms. The van der Waals surface area contributed by atoms with Crippen LogP contribution in [0.4, 0.5) is 5.95 Å². The maximum absolute atomic E-state index is 6.35. The Morgan fingerprint density at radius 3 is 2.77 bits per heavy atom. The van der Waals surface area contributed by atoms with E-state index in [1.165, 1.54) is 0 Å². The molecule has 0 radical (unpaired) electrons. The fourth-order valence-corrected chi connectivity index (χ4v) is 3.72. The average molecular weight is 390 g/mol. The maximum Gasteiger partial charge on any atom is 0.223 e. The molecule has 0 aromatic carbocycles. The van der Waals surface area contributed by atoms with E-state index in [1.807, 2.05) is 6.20 Å². The lowest BCUT2D eigenvalue weighted by molar-refractivity contribution is 0.252. The van der Waals surface area contributed by atoms with Crippen molar-refractivity contribution in [2.75, 3.05) is 12.3 Å². The smallest absolute Gasteiger partial charge is 0.223 e. The van der Waals surface area contributed by atoms with Gasteiger partial charge < -0.3 is 10.2 Å². The molecule has 2 heterocycles. The number of hydrogen-bond donors (Lipinski definition) is 1.